The third kappa shape index (κ3) is 6.58. The molecular formula is C23H22F3N5O2. The predicted molar refractivity (Wildman–Crippen MR) is 117 cm³/mol. The third-order valence-corrected chi connectivity index (χ3v) is 4.87. The van der Waals surface area contributed by atoms with Crippen molar-refractivity contribution in [3.05, 3.63) is 77.5 Å². The summed E-state index contributed by atoms with van der Waals surface area (Å²) in [6, 6.07) is 16.4. The van der Waals surface area contributed by atoms with Crippen LogP contribution in [0.5, 0.6) is 0 Å². The molecule has 1 aliphatic carbocycles. The van der Waals surface area contributed by atoms with Gasteiger partial charge in [0.25, 0.3) is 0 Å². The highest BCUT2D eigenvalue weighted by molar-refractivity contribution is 5.67. The minimum atomic E-state index is -4.54. The maximum Gasteiger partial charge on any atom is 0.421 e. The fourth-order valence-corrected chi connectivity index (χ4v) is 2.96. The maximum absolute atomic E-state index is 13.2. The summed E-state index contributed by atoms with van der Waals surface area (Å²) in [6.07, 6.45) is -2.65. The summed E-state index contributed by atoms with van der Waals surface area (Å²) in [6.45, 7) is 0.445. The van der Waals surface area contributed by atoms with Gasteiger partial charge in [-0.15, -0.1) is 0 Å². The molecule has 1 aromatic heterocycles. The van der Waals surface area contributed by atoms with E-state index >= 15 is 0 Å². The first-order valence-corrected chi connectivity index (χ1v) is 10.4. The summed E-state index contributed by atoms with van der Waals surface area (Å²) in [5, 5.41) is 8.39. The first-order valence-electron chi connectivity index (χ1n) is 10.4. The molecule has 3 N–H and O–H groups in total. The summed E-state index contributed by atoms with van der Waals surface area (Å²) in [5.41, 5.74) is 1.42. The van der Waals surface area contributed by atoms with Crippen LogP contribution in [0.3, 0.4) is 0 Å². The minimum absolute atomic E-state index is 0.0139. The van der Waals surface area contributed by atoms with Gasteiger partial charge in [0.2, 0.25) is 5.95 Å². The average Bonchev–Trinajstić information content (AvgIpc) is 3.61. The molecule has 0 aliphatic heterocycles. The van der Waals surface area contributed by atoms with Crippen molar-refractivity contribution in [2.45, 2.75) is 38.2 Å². The van der Waals surface area contributed by atoms with E-state index in [4.69, 9.17) is 4.74 Å². The van der Waals surface area contributed by atoms with Crippen LogP contribution < -0.4 is 16.0 Å². The Hall–Kier alpha value is -3.82. The molecule has 1 saturated carbocycles. The lowest BCUT2D eigenvalue weighted by molar-refractivity contribution is -0.137. The van der Waals surface area contributed by atoms with E-state index in [0.29, 0.717) is 5.69 Å². The number of benzene rings is 2. The van der Waals surface area contributed by atoms with Crippen LogP contribution in [-0.2, 0) is 24.1 Å². The number of amides is 1. The number of hydrogen-bond acceptors (Lipinski definition) is 6. The molecule has 7 nitrogen and oxygen atoms in total. The van der Waals surface area contributed by atoms with E-state index in [9.17, 15) is 18.0 Å². The highest BCUT2D eigenvalue weighted by Crippen LogP contribution is 2.36. The van der Waals surface area contributed by atoms with Crippen LogP contribution in [0.4, 0.5) is 35.4 Å². The van der Waals surface area contributed by atoms with E-state index < -0.39 is 17.8 Å². The lowest BCUT2D eigenvalue weighted by Crippen LogP contribution is -2.23. The van der Waals surface area contributed by atoms with Gasteiger partial charge in [0.1, 0.15) is 18.0 Å². The monoisotopic (exact) mass is 457 g/mol. The van der Waals surface area contributed by atoms with E-state index in [0.717, 1.165) is 30.2 Å². The zero-order chi connectivity index (χ0) is 23.3. The SMILES string of the molecule is O=C(NCc1ccc(Nc2ncc(C(F)(F)F)c(NC3CC3)n2)cc1)OCc1ccccc1. The Labute approximate surface area is 188 Å². The molecule has 3 aromatic rings. The normalized spacial score (nSPS) is 13.3. The van der Waals surface area contributed by atoms with E-state index in [2.05, 4.69) is 25.9 Å². The second-order valence-corrected chi connectivity index (χ2v) is 7.61. The number of nitrogens with one attached hydrogen (secondary N) is 3. The summed E-state index contributed by atoms with van der Waals surface area (Å²) in [5.74, 6) is -0.168. The lowest BCUT2D eigenvalue weighted by atomic mass is 10.2. The quantitative estimate of drug-likeness (QED) is 0.429. The van der Waals surface area contributed by atoms with Crippen molar-refractivity contribution in [3.8, 4) is 0 Å². The Kier molecular flexibility index (Phi) is 6.62. The zero-order valence-electron chi connectivity index (χ0n) is 17.5. The number of alkyl carbamates (subject to hydrolysis) is 1. The first-order chi connectivity index (χ1) is 15.9. The summed E-state index contributed by atoms with van der Waals surface area (Å²) >= 11 is 0. The van der Waals surface area contributed by atoms with Crippen LogP contribution >= 0.6 is 0 Å². The number of carbonyl (C=O) groups excluding carboxylic acids is 1. The second-order valence-electron chi connectivity index (χ2n) is 7.61. The molecule has 33 heavy (non-hydrogen) atoms. The molecule has 0 spiro atoms. The molecule has 1 heterocycles. The number of halogens is 3. The van der Waals surface area contributed by atoms with Crippen LogP contribution in [0.15, 0.2) is 60.8 Å². The van der Waals surface area contributed by atoms with Crippen LogP contribution in [0.2, 0.25) is 0 Å². The maximum atomic E-state index is 13.2. The smallest absolute Gasteiger partial charge is 0.421 e. The van der Waals surface area contributed by atoms with Gasteiger partial charge < -0.3 is 20.7 Å². The van der Waals surface area contributed by atoms with Crippen LogP contribution in [0.25, 0.3) is 0 Å². The number of ether oxygens (including phenoxy) is 1. The Morgan fingerprint density at radius 1 is 1.03 bits per heavy atom. The molecule has 2 aromatic carbocycles. The Morgan fingerprint density at radius 2 is 1.76 bits per heavy atom. The van der Waals surface area contributed by atoms with Crippen molar-refractivity contribution in [2.75, 3.05) is 10.6 Å². The minimum Gasteiger partial charge on any atom is -0.445 e. The number of alkyl halides is 3. The standard InChI is InChI=1S/C23H22F3N5O2/c24-23(25,26)19-13-27-21(31-20(19)29-17-10-11-17)30-18-8-6-15(7-9-18)12-28-22(32)33-14-16-4-2-1-3-5-16/h1-9,13,17H,10-12,14H2,(H,28,32)(H2,27,29,30,31). The van der Waals surface area contributed by atoms with Crippen LogP contribution in [0.1, 0.15) is 29.5 Å². The van der Waals surface area contributed by atoms with Gasteiger partial charge in [-0.2, -0.15) is 18.2 Å². The predicted octanol–water partition coefficient (Wildman–Crippen LogP) is 5.24. The molecule has 1 aliphatic rings. The molecule has 1 amide bonds. The van der Waals surface area contributed by atoms with E-state index in [1.54, 1.807) is 24.3 Å². The fraction of sp³-hybridized carbons (Fsp3) is 0.261. The van der Waals surface area contributed by atoms with E-state index in [1.165, 1.54) is 0 Å². The summed E-state index contributed by atoms with van der Waals surface area (Å²) < 4.78 is 44.8. The molecular weight excluding hydrogens is 435 g/mol. The van der Waals surface area contributed by atoms with Crippen molar-refractivity contribution >= 4 is 23.5 Å². The summed E-state index contributed by atoms with van der Waals surface area (Å²) in [4.78, 5) is 19.7. The Balaban J connectivity index is 1.31. The second kappa shape index (κ2) is 9.76. The highest BCUT2D eigenvalue weighted by atomic mass is 19.4. The topological polar surface area (TPSA) is 88.2 Å². The van der Waals surface area contributed by atoms with Crippen molar-refractivity contribution < 1.29 is 22.7 Å². The number of hydrogen-bond donors (Lipinski definition) is 3. The number of rotatable bonds is 8. The van der Waals surface area contributed by atoms with Gasteiger partial charge in [0.15, 0.2) is 0 Å². The third-order valence-electron chi connectivity index (χ3n) is 4.87. The van der Waals surface area contributed by atoms with Gasteiger partial charge in [-0.25, -0.2) is 9.78 Å². The molecule has 0 unspecified atom stereocenters. The lowest BCUT2D eigenvalue weighted by Gasteiger charge is -2.14. The number of aromatic nitrogens is 2. The van der Waals surface area contributed by atoms with Gasteiger partial charge in [-0.3, -0.25) is 0 Å². The highest BCUT2D eigenvalue weighted by Gasteiger charge is 2.36. The molecule has 1 fully saturated rings. The molecule has 0 saturated heterocycles. The van der Waals surface area contributed by atoms with Crippen LogP contribution in [-0.4, -0.2) is 22.1 Å². The van der Waals surface area contributed by atoms with Crippen molar-refractivity contribution in [1.82, 2.24) is 15.3 Å². The Morgan fingerprint density at radius 3 is 2.42 bits per heavy atom. The molecule has 4 rings (SSSR count). The van der Waals surface area contributed by atoms with Gasteiger partial charge in [-0.05, 0) is 36.1 Å². The van der Waals surface area contributed by atoms with E-state index in [-0.39, 0.29) is 31.0 Å². The van der Waals surface area contributed by atoms with Crippen LogP contribution in [0, 0.1) is 0 Å². The van der Waals surface area contributed by atoms with Gasteiger partial charge in [0, 0.05) is 24.5 Å². The van der Waals surface area contributed by atoms with Crippen molar-refractivity contribution in [2.24, 2.45) is 0 Å². The van der Waals surface area contributed by atoms with Gasteiger partial charge >= 0.3 is 12.3 Å². The molecule has 10 heteroatoms. The number of nitrogens with zero attached hydrogens (tertiary/aromatic N) is 2. The zero-order valence-corrected chi connectivity index (χ0v) is 17.5. The molecule has 0 atom stereocenters. The molecule has 0 radical (unpaired) electrons. The van der Waals surface area contributed by atoms with E-state index in [1.807, 2.05) is 30.3 Å². The number of carbonyl (C=O) groups is 1. The average molecular weight is 457 g/mol. The largest absolute Gasteiger partial charge is 0.445 e. The fourth-order valence-electron chi connectivity index (χ4n) is 2.96. The molecule has 172 valence electrons. The van der Waals surface area contributed by atoms with Gasteiger partial charge in [0.05, 0.1) is 0 Å². The molecule has 0 bridgehead atoms. The Bertz CT molecular complexity index is 1090. The summed E-state index contributed by atoms with van der Waals surface area (Å²) in [7, 11) is 0. The van der Waals surface area contributed by atoms with Crippen molar-refractivity contribution in [3.63, 3.8) is 0 Å². The van der Waals surface area contributed by atoms with Crippen molar-refractivity contribution in [1.29, 1.82) is 0 Å². The van der Waals surface area contributed by atoms with Gasteiger partial charge in [-0.1, -0.05) is 42.5 Å². The number of anilines is 3. The first kappa shape index (κ1) is 22.4.